The smallest absolute Gasteiger partial charge is 0.0185 e. The van der Waals surface area contributed by atoms with Gasteiger partial charge >= 0.3 is 0 Å². The molecule has 3 saturated carbocycles. The Kier molecular flexibility index (Phi) is 2.12. The van der Waals surface area contributed by atoms with Gasteiger partial charge in [-0.1, -0.05) is 25.7 Å². The van der Waals surface area contributed by atoms with Crippen LogP contribution in [0.1, 0.15) is 57.8 Å². The molecule has 1 nitrogen and oxygen atoms in total. The minimum absolute atomic E-state index is 0.276. The molecule has 80 valence electrons. The molecule has 0 heterocycles. The highest BCUT2D eigenvalue weighted by Crippen LogP contribution is 2.52. The molecule has 0 aliphatic heterocycles. The van der Waals surface area contributed by atoms with E-state index in [4.69, 9.17) is 5.73 Å². The summed E-state index contributed by atoms with van der Waals surface area (Å²) >= 11 is 0. The zero-order chi connectivity index (χ0) is 9.60. The van der Waals surface area contributed by atoms with Crippen molar-refractivity contribution in [3.05, 3.63) is 0 Å². The topological polar surface area (TPSA) is 26.0 Å². The highest BCUT2D eigenvalue weighted by Gasteiger charge is 2.48. The van der Waals surface area contributed by atoms with Crippen LogP contribution >= 0.6 is 0 Å². The average molecular weight is 193 g/mol. The average Bonchev–Trinajstić information content (AvgIpc) is 2.60. The number of fused-ring (bicyclic) bond motifs is 2. The van der Waals surface area contributed by atoms with Crippen molar-refractivity contribution in [2.75, 3.05) is 0 Å². The largest absolute Gasteiger partial charge is 0.325 e. The summed E-state index contributed by atoms with van der Waals surface area (Å²) in [6.45, 7) is 0. The van der Waals surface area contributed by atoms with Crippen molar-refractivity contribution in [2.24, 2.45) is 23.5 Å². The fourth-order valence-corrected chi connectivity index (χ4v) is 4.05. The molecule has 0 aromatic heterocycles. The molecule has 0 saturated heterocycles. The van der Waals surface area contributed by atoms with E-state index in [0.717, 1.165) is 17.8 Å². The summed E-state index contributed by atoms with van der Waals surface area (Å²) in [5.74, 6) is 2.95. The summed E-state index contributed by atoms with van der Waals surface area (Å²) in [5.41, 5.74) is 6.85. The Labute approximate surface area is 87.4 Å². The van der Waals surface area contributed by atoms with Crippen LogP contribution in [-0.2, 0) is 0 Å². The zero-order valence-electron chi connectivity index (χ0n) is 9.17. The van der Waals surface area contributed by atoms with Gasteiger partial charge < -0.3 is 5.73 Å². The Balaban J connectivity index is 1.55. The summed E-state index contributed by atoms with van der Waals surface area (Å²) in [6.07, 6.45) is 13.0. The molecule has 14 heavy (non-hydrogen) atoms. The molecule has 0 amide bonds. The lowest BCUT2D eigenvalue weighted by Crippen LogP contribution is -2.45. The van der Waals surface area contributed by atoms with Gasteiger partial charge in [0.2, 0.25) is 0 Å². The van der Waals surface area contributed by atoms with E-state index >= 15 is 0 Å². The number of hydrogen-bond donors (Lipinski definition) is 1. The Morgan fingerprint density at radius 3 is 2.50 bits per heavy atom. The van der Waals surface area contributed by atoms with E-state index in [0.29, 0.717) is 0 Å². The third kappa shape index (κ3) is 1.41. The highest BCUT2D eigenvalue weighted by atomic mass is 14.8. The highest BCUT2D eigenvalue weighted by molar-refractivity contribution is 5.04. The third-order valence-corrected chi connectivity index (χ3v) is 5.27. The van der Waals surface area contributed by atoms with E-state index in [-0.39, 0.29) is 5.54 Å². The van der Waals surface area contributed by atoms with E-state index in [1.807, 2.05) is 0 Å². The van der Waals surface area contributed by atoms with Crippen LogP contribution in [0.15, 0.2) is 0 Å². The lowest BCUT2D eigenvalue weighted by molar-refractivity contribution is 0.204. The third-order valence-electron chi connectivity index (χ3n) is 5.27. The monoisotopic (exact) mass is 193 g/mol. The molecule has 3 rings (SSSR count). The maximum Gasteiger partial charge on any atom is 0.0185 e. The predicted octanol–water partition coefficient (Wildman–Crippen LogP) is 3.08. The number of rotatable bonds is 3. The van der Waals surface area contributed by atoms with Crippen molar-refractivity contribution in [3.63, 3.8) is 0 Å². The molecule has 0 spiro atoms. The van der Waals surface area contributed by atoms with Gasteiger partial charge in [-0.05, 0) is 49.9 Å². The lowest BCUT2D eigenvalue weighted by Gasteiger charge is -2.36. The molecule has 0 aromatic carbocycles. The van der Waals surface area contributed by atoms with Gasteiger partial charge in [0.15, 0.2) is 0 Å². The van der Waals surface area contributed by atoms with Gasteiger partial charge in [-0.25, -0.2) is 0 Å². The minimum Gasteiger partial charge on any atom is -0.325 e. The molecular weight excluding hydrogens is 170 g/mol. The zero-order valence-corrected chi connectivity index (χ0v) is 9.17. The van der Waals surface area contributed by atoms with Gasteiger partial charge in [0.1, 0.15) is 0 Å². The molecule has 1 heteroatoms. The number of hydrogen-bond acceptors (Lipinski definition) is 1. The quantitative estimate of drug-likeness (QED) is 0.732. The molecule has 3 aliphatic carbocycles. The summed E-state index contributed by atoms with van der Waals surface area (Å²) in [4.78, 5) is 0. The molecule has 0 radical (unpaired) electrons. The molecular formula is C13H23N. The maximum absolute atomic E-state index is 6.57. The van der Waals surface area contributed by atoms with Crippen molar-refractivity contribution in [1.29, 1.82) is 0 Å². The van der Waals surface area contributed by atoms with Crippen LogP contribution in [0.3, 0.4) is 0 Å². The Hall–Kier alpha value is -0.0400. The summed E-state index contributed by atoms with van der Waals surface area (Å²) < 4.78 is 0. The van der Waals surface area contributed by atoms with Crippen molar-refractivity contribution in [3.8, 4) is 0 Å². The summed E-state index contributed by atoms with van der Waals surface area (Å²) in [6, 6.07) is 0. The Morgan fingerprint density at radius 1 is 1.14 bits per heavy atom. The second-order valence-corrected chi connectivity index (χ2v) is 6.15. The molecule has 2 N–H and O–H groups in total. The Morgan fingerprint density at radius 2 is 2.00 bits per heavy atom. The SMILES string of the molecule is NC1(CCC2CCC2)CC2CCC1C2. The van der Waals surface area contributed by atoms with E-state index in [2.05, 4.69) is 0 Å². The first-order valence-electron chi connectivity index (χ1n) is 6.55. The van der Waals surface area contributed by atoms with Crippen LogP contribution < -0.4 is 5.73 Å². The van der Waals surface area contributed by atoms with Gasteiger partial charge in [-0.3, -0.25) is 0 Å². The summed E-state index contributed by atoms with van der Waals surface area (Å²) in [5, 5.41) is 0. The molecule has 3 aliphatic rings. The van der Waals surface area contributed by atoms with E-state index in [9.17, 15) is 0 Å². The number of nitrogens with two attached hydrogens (primary N) is 1. The van der Waals surface area contributed by atoms with Crippen molar-refractivity contribution < 1.29 is 0 Å². The van der Waals surface area contributed by atoms with Gasteiger partial charge in [-0.15, -0.1) is 0 Å². The van der Waals surface area contributed by atoms with Crippen LogP contribution in [0.5, 0.6) is 0 Å². The van der Waals surface area contributed by atoms with Crippen molar-refractivity contribution in [2.45, 2.75) is 63.3 Å². The standard InChI is InChI=1S/C13H23N/c14-13(7-6-10-2-1-3-10)9-11-4-5-12(13)8-11/h10-12H,1-9,14H2. The lowest BCUT2D eigenvalue weighted by atomic mass is 9.74. The Bertz CT molecular complexity index is 221. The van der Waals surface area contributed by atoms with Gasteiger partial charge in [0.25, 0.3) is 0 Å². The second-order valence-electron chi connectivity index (χ2n) is 6.15. The van der Waals surface area contributed by atoms with E-state index in [1.54, 1.807) is 0 Å². The molecule has 0 aromatic rings. The van der Waals surface area contributed by atoms with Crippen molar-refractivity contribution in [1.82, 2.24) is 0 Å². The van der Waals surface area contributed by atoms with Gasteiger partial charge in [-0.2, -0.15) is 0 Å². The van der Waals surface area contributed by atoms with Crippen LogP contribution in [0.25, 0.3) is 0 Å². The predicted molar refractivity (Wildman–Crippen MR) is 58.9 cm³/mol. The fourth-order valence-electron chi connectivity index (χ4n) is 4.05. The van der Waals surface area contributed by atoms with Crippen LogP contribution in [0, 0.1) is 17.8 Å². The second kappa shape index (κ2) is 3.23. The molecule has 3 unspecified atom stereocenters. The first-order chi connectivity index (χ1) is 6.76. The minimum atomic E-state index is 0.276. The van der Waals surface area contributed by atoms with Crippen LogP contribution in [0.4, 0.5) is 0 Å². The van der Waals surface area contributed by atoms with E-state index in [1.165, 1.54) is 57.8 Å². The van der Waals surface area contributed by atoms with Crippen molar-refractivity contribution >= 4 is 0 Å². The summed E-state index contributed by atoms with van der Waals surface area (Å²) in [7, 11) is 0. The van der Waals surface area contributed by atoms with Crippen LogP contribution in [0.2, 0.25) is 0 Å². The first-order valence-corrected chi connectivity index (χ1v) is 6.55. The normalized spacial score (nSPS) is 46.9. The molecule has 2 bridgehead atoms. The van der Waals surface area contributed by atoms with Gasteiger partial charge in [0.05, 0.1) is 0 Å². The van der Waals surface area contributed by atoms with E-state index < -0.39 is 0 Å². The van der Waals surface area contributed by atoms with Gasteiger partial charge in [0, 0.05) is 5.54 Å². The molecule has 3 fully saturated rings. The maximum atomic E-state index is 6.57. The molecule has 3 atom stereocenters. The first kappa shape index (κ1) is 9.21. The fraction of sp³-hybridized carbons (Fsp3) is 1.00. The van der Waals surface area contributed by atoms with Crippen LogP contribution in [-0.4, -0.2) is 5.54 Å².